The van der Waals surface area contributed by atoms with Gasteiger partial charge in [0, 0.05) is 25.4 Å². The molecule has 0 saturated carbocycles. The van der Waals surface area contributed by atoms with Crippen molar-refractivity contribution in [2.75, 3.05) is 24.6 Å². The second-order valence-corrected chi connectivity index (χ2v) is 4.47. The molecular formula is C13H17NO3. The average molecular weight is 235 g/mol. The SMILES string of the molecule is O=C(O)c1ccc(N2CCC(CCO)C2)cc1. The van der Waals surface area contributed by atoms with E-state index >= 15 is 0 Å². The van der Waals surface area contributed by atoms with E-state index in [2.05, 4.69) is 4.90 Å². The maximum atomic E-state index is 10.7. The first-order valence-corrected chi connectivity index (χ1v) is 5.90. The standard InChI is InChI=1S/C13H17NO3/c15-8-6-10-5-7-14(9-10)12-3-1-11(2-4-12)13(16)17/h1-4,10,15H,5-9H2,(H,16,17). The van der Waals surface area contributed by atoms with Gasteiger partial charge >= 0.3 is 5.97 Å². The molecular weight excluding hydrogens is 218 g/mol. The Morgan fingerprint density at radius 3 is 2.65 bits per heavy atom. The normalized spacial score (nSPS) is 19.6. The molecule has 4 heteroatoms. The van der Waals surface area contributed by atoms with Gasteiger partial charge in [-0.1, -0.05) is 0 Å². The molecule has 1 saturated heterocycles. The van der Waals surface area contributed by atoms with Crippen LogP contribution in [0.25, 0.3) is 0 Å². The van der Waals surface area contributed by atoms with Crippen molar-refractivity contribution in [3.63, 3.8) is 0 Å². The average Bonchev–Trinajstić information content (AvgIpc) is 2.78. The van der Waals surface area contributed by atoms with E-state index in [4.69, 9.17) is 10.2 Å². The Balaban J connectivity index is 2.01. The minimum atomic E-state index is -0.892. The van der Waals surface area contributed by atoms with E-state index in [-0.39, 0.29) is 6.61 Å². The van der Waals surface area contributed by atoms with Crippen molar-refractivity contribution in [3.8, 4) is 0 Å². The predicted octanol–water partition coefficient (Wildman–Crippen LogP) is 1.59. The van der Waals surface area contributed by atoms with Crippen LogP contribution in [0.1, 0.15) is 23.2 Å². The third kappa shape index (κ3) is 2.77. The number of carbonyl (C=O) groups is 1. The molecule has 1 aliphatic rings. The van der Waals surface area contributed by atoms with Gasteiger partial charge in [0.05, 0.1) is 5.56 Å². The number of aromatic carboxylic acids is 1. The maximum absolute atomic E-state index is 10.7. The van der Waals surface area contributed by atoms with Crippen LogP contribution in [0.3, 0.4) is 0 Å². The zero-order chi connectivity index (χ0) is 12.3. The summed E-state index contributed by atoms with van der Waals surface area (Å²) >= 11 is 0. The fourth-order valence-corrected chi connectivity index (χ4v) is 2.30. The molecule has 0 bridgehead atoms. The molecule has 0 amide bonds. The summed E-state index contributed by atoms with van der Waals surface area (Å²) in [5.41, 5.74) is 1.38. The van der Waals surface area contributed by atoms with E-state index in [1.807, 2.05) is 12.1 Å². The number of nitrogens with zero attached hydrogens (tertiary/aromatic N) is 1. The van der Waals surface area contributed by atoms with Gasteiger partial charge in [0.25, 0.3) is 0 Å². The number of aliphatic hydroxyl groups is 1. The van der Waals surface area contributed by atoms with Gasteiger partial charge in [0.1, 0.15) is 0 Å². The third-order valence-corrected chi connectivity index (χ3v) is 3.30. The summed E-state index contributed by atoms with van der Waals surface area (Å²) in [6, 6.07) is 6.98. The van der Waals surface area contributed by atoms with Crippen LogP contribution in [-0.4, -0.2) is 35.9 Å². The van der Waals surface area contributed by atoms with Gasteiger partial charge in [0.2, 0.25) is 0 Å². The van der Waals surface area contributed by atoms with Crippen molar-refractivity contribution in [2.45, 2.75) is 12.8 Å². The fraction of sp³-hybridized carbons (Fsp3) is 0.462. The summed E-state index contributed by atoms with van der Waals surface area (Å²) in [4.78, 5) is 13.0. The molecule has 92 valence electrons. The first-order valence-electron chi connectivity index (χ1n) is 5.90. The number of aliphatic hydroxyl groups excluding tert-OH is 1. The highest BCUT2D eigenvalue weighted by Gasteiger charge is 2.22. The molecule has 2 rings (SSSR count). The number of carboxylic acids is 1. The van der Waals surface area contributed by atoms with Crippen molar-refractivity contribution >= 4 is 11.7 Å². The summed E-state index contributed by atoms with van der Waals surface area (Å²) in [6.07, 6.45) is 1.95. The number of hydrogen-bond donors (Lipinski definition) is 2. The second kappa shape index (κ2) is 5.19. The van der Waals surface area contributed by atoms with Crippen molar-refractivity contribution in [2.24, 2.45) is 5.92 Å². The maximum Gasteiger partial charge on any atom is 0.335 e. The van der Waals surface area contributed by atoms with Gasteiger partial charge in [-0.15, -0.1) is 0 Å². The molecule has 4 nitrogen and oxygen atoms in total. The highest BCUT2D eigenvalue weighted by Crippen LogP contribution is 2.25. The molecule has 1 fully saturated rings. The molecule has 2 N–H and O–H groups in total. The lowest BCUT2D eigenvalue weighted by molar-refractivity contribution is 0.0697. The van der Waals surface area contributed by atoms with Crippen LogP contribution in [0.15, 0.2) is 24.3 Å². The van der Waals surface area contributed by atoms with Gasteiger partial charge < -0.3 is 15.1 Å². The number of carboxylic acid groups (broad SMARTS) is 1. The molecule has 1 aromatic carbocycles. The molecule has 1 aromatic rings. The zero-order valence-corrected chi connectivity index (χ0v) is 9.67. The molecule has 1 unspecified atom stereocenters. The lowest BCUT2D eigenvalue weighted by atomic mass is 10.1. The highest BCUT2D eigenvalue weighted by molar-refractivity contribution is 5.88. The Hall–Kier alpha value is -1.55. The molecule has 0 spiro atoms. The quantitative estimate of drug-likeness (QED) is 0.832. The van der Waals surface area contributed by atoms with Crippen LogP contribution in [0, 0.1) is 5.92 Å². The highest BCUT2D eigenvalue weighted by atomic mass is 16.4. The largest absolute Gasteiger partial charge is 0.478 e. The number of anilines is 1. The molecule has 17 heavy (non-hydrogen) atoms. The number of hydrogen-bond acceptors (Lipinski definition) is 3. The first-order chi connectivity index (χ1) is 8.20. The van der Waals surface area contributed by atoms with Crippen molar-refractivity contribution in [1.82, 2.24) is 0 Å². The molecule has 0 aromatic heterocycles. The van der Waals surface area contributed by atoms with E-state index in [1.54, 1.807) is 12.1 Å². The van der Waals surface area contributed by atoms with Crippen LogP contribution >= 0.6 is 0 Å². The summed E-state index contributed by atoms with van der Waals surface area (Å²) in [5.74, 6) is -0.338. The lowest BCUT2D eigenvalue weighted by Gasteiger charge is -2.18. The summed E-state index contributed by atoms with van der Waals surface area (Å²) < 4.78 is 0. The Kier molecular flexibility index (Phi) is 3.64. The summed E-state index contributed by atoms with van der Waals surface area (Å²) in [7, 11) is 0. The van der Waals surface area contributed by atoms with Crippen LogP contribution < -0.4 is 4.90 Å². The zero-order valence-electron chi connectivity index (χ0n) is 9.67. The Labute approximate surface area is 100 Å². The van der Waals surface area contributed by atoms with Crippen LogP contribution in [0.5, 0.6) is 0 Å². The van der Waals surface area contributed by atoms with E-state index in [1.165, 1.54) is 0 Å². The minimum absolute atomic E-state index is 0.246. The Morgan fingerprint density at radius 1 is 1.35 bits per heavy atom. The van der Waals surface area contributed by atoms with E-state index in [9.17, 15) is 4.79 Å². The molecule has 1 aliphatic heterocycles. The monoisotopic (exact) mass is 235 g/mol. The number of rotatable bonds is 4. The van der Waals surface area contributed by atoms with Crippen molar-refractivity contribution < 1.29 is 15.0 Å². The van der Waals surface area contributed by atoms with Crippen molar-refractivity contribution in [3.05, 3.63) is 29.8 Å². The van der Waals surface area contributed by atoms with E-state index < -0.39 is 5.97 Å². The van der Waals surface area contributed by atoms with E-state index in [0.29, 0.717) is 11.5 Å². The van der Waals surface area contributed by atoms with Gasteiger partial charge in [-0.05, 0) is 43.0 Å². The lowest BCUT2D eigenvalue weighted by Crippen LogP contribution is -2.19. The summed E-state index contributed by atoms with van der Waals surface area (Å²) in [6.45, 7) is 2.18. The fourth-order valence-electron chi connectivity index (χ4n) is 2.30. The van der Waals surface area contributed by atoms with Crippen LogP contribution in [0.2, 0.25) is 0 Å². The Bertz CT molecular complexity index is 388. The molecule has 1 atom stereocenters. The minimum Gasteiger partial charge on any atom is -0.478 e. The van der Waals surface area contributed by atoms with Gasteiger partial charge in [-0.3, -0.25) is 0 Å². The first kappa shape index (κ1) is 11.9. The molecule has 1 heterocycles. The second-order valence-electron chi connectivity index (χ2n) is 4.47. The predicted molar refractivity (Wildman–Crippen MR) is 65.4 cm³/mol. The van der Waals surface area contributed by atoms with Gasteiger partial charge in [-0.2, -0.15) is 0 Å². The molecule has 0 radical (unpaired) electrons. The van der Waals surface area contributed by atoms with Crippen LogP contribution in [-0.2, 0) is 0 Å². The van der Waals surface area contributed by atoms with Gasteiger partial charge in [-0.25, -0.2) is 4.79 Å². The number of benzene rings is 1. The summed E-state index contributed by atoms with van der Waals surface area (Å²) in [5, 5.41) is 17.7. The van der Waals surface area contributed by atoms with Crippen molar-refractivity contribution in [1.29, 1.82) is 0 Å². The van der Waals surface area contributed by atoms with E-state index in [0.717, 1.165) is 31.6 Å². The third-order valence-electron chi connectivity index (χ3n) is 3.30. The van der Waals surface area contributed by atoms with Gasteiger partial charge in [0.15, 0.2) is 0 Å². The molecule has 0 aliphatic carbocycles. The van der Waals surface area contributed by atoms with Crippen LogP contribution in [0.4, 0.5) is 5.69 Å². The smallest absolute Gasteiger partial charge is 0.335 e. The topological polar surface area (TPSA) is 60.8 Å². The Morgan fingerprint density at radius 2 is 2.06 bits per heavy atom.